The van der Waals surface area contributed by atoms with Crippen LogP contribution in [0.2, 0.25) is 0 Å². The third-order valence-electron chi connectivity index (χ3n) is 1.64. The monoisotopic (exact) mass is 305 g/mol. The molecule has 0 spiro atoms. The van der Waals surface area contributed by atoms with E-state index < -0.39 is 0 Å². The van der Waals surface area contributed by atoms with Crippen LogP contribution in [0.5, 0.6) is 0 Å². The fraction of sp³-hybridized carbons (Fsp3) is 0.125. The Hall–Kier alpha value is 0.0700. The minimum atomic E-state index is 0.828. The molecule has 0 amide bonds. The number of halogens is 2. The Kier molecular flexibility index (Phi) is 2.48. The van der Waals surface area contributed by atoms with E-state index in [1.54, 1.807) is 11.5 Å². The van der Waals surface area contributed by atoms with Crippen LogP contribution in [0, 0.1) is 0 Å². The van der Waals surface area contributed by atoms with E-state index in [1.165, 1.54) is 10.1 Å². The fourth-order valence-corrected chi connectivity index (χ4v) is 3.00. The molecular formula is C8H5Br2NS. The first-order valence-corrected chi connectivity index (χ1v) is 6.10. The Labute approximate surface area is 91.2 Å². The summed E-state index contributed by atoms with van der Waals surface area (Å²) in [5.41, 5.74) is 1.13. The fourth-order valence-electron chi connectivity index (χ4n) is 1.06. The van der Waals surface area contributed by atoms with Crippen LogP contribution in [-0.4, -0.2) is 4.37 Å². The summed E-state index contributed by atoms with van der Waals surface area (Å²) in [5.74, 6) is 0. The molecule has 0 aliphatic rings. The molecule has 0 fully saturated rings. The van der Waals surface area contributed by atoms with Gasteiger partial charge in [0.05, 0.1) is 10.4 Å². The predicted molar refractivity (Wildman–Crippen MR) is 60.0 cm³/mol. The maximum Gasteiger partial charge on any atom is 0.0726 e. The minimum absolute atomic E-state index is 0.828. The number of nitrogens with zero attached hydrogens (tertiary/aromatic N) is 1. The van der Waals surface area contributed by atoms with Crippen molar-refractivity contribution in [1.82, 2.24) is 4.37 Å². The van der Waals surface area contributed by atoms with Crippen LogP contribution in [0.3, 0.4) is 0 Å². The summed E-state index contributed by atoms with van der Waals surface area (Å²) in [6.45, 7) is 0. The van der Waals surface area contributed by atoms with Gasteiger partial charge < -0.3 is 0 Å². The van der Waals surface area contributed by atoms with Gasteiger partial charge >= 0.3 is 0 Å². The van der Waals surface area contributed by atoms with E-state index >= 15 is 0 Å². The van der Waals surface area contributed by atoms with Gasteiger partial charge in [-0.2, -0.15) is 4.37 Å². The van der Waals surface area contributed by atoms with Gasteiger partial charge in [-0.15, -0.1) is 0 Å². The maximum atomic E-state index is 4.33. The normalized spacial score (nSPS) is 10.8. The second-order valence-electron chi connectivity index (χ2n) is 2.40. The van der Waals surface area contributed by atoms with Crippen LogP contribution >= 0.6 is 43.4 Å². The first-order valence-electron chi connectivity index (χ1n) is 3.41. The van der Waals surface area contributed by atoms with Crippen molar-refractivity contribution in [2.45, 2.75) is 5.33 Å². The maximum absolute atomic E-state index is 4.33. The molecule has 1 aromatic heterocycles. The zero-order chi connectivity index (χ0) is 8.55. The highest BCUT2D eigenvalue weighted by Crippen LogP contribution is 2.27. The molecule has 0 atom stereocenters. The van der Waals surface area contributed by atoms with Crippen LogP contribution in [0.1, 0.15) is 5.69 Å². The van der Waals surface area contributed by atoms with Gasteiger partial charge in [-0.3, -0.25) is 0 Å². The molecule has 1 heterocycles. The number of hydrogen-bond acceptors (Lipinski definition) is 2. The first-order chi connectivity index (χ1) is 5.81. The lowest BCUT2D eigenvalue weighted by molar-refractivity contribution is 1.35. The lowest BCUT2D eigenvalue weighted by Gasteiger charge is -1.91. The smallest absolute Gasteiger partial charge is 0.0726 e. The number of fused-ring (bicyclic) bond motifs is 1. The molecular weight excluding hydrogens is 302 g/mol. The molecule has 0 radical (unpaired) electrons. The van der Waals surface area contributed by atoms with E-state index in [1.807, 2.05) is 6.07 Å². The third-order valence-corrected chi connectivity index (χ3v) is 3.51. The van der Waals surface area contributed by atoms with Gasteiger partial charge in [-0.1, -0.05) is 37.9 Å². The molecule has 1 nitrogen and oxygen atoms in total. The number of rotatable bonds is 1. The topological polar surface area (TPSA) is 12.9 Å². The molecule has 0 aliphatic carbocycles. The quantitative estimate of drug-likeness (QED) is 0.727. The van der Waals surface area contributed by atoms with Gasteiger partial charge in [0.1, 0.15) is 0 Å². The number of alkyl halides is 1. The van der Waals surface area contributed by atoms with Gasteiger partial charge in [-0.25, -0.2) is 0 Å². The molecule has 4 heteroatoms. The average molecular weight is 307 g/mol. The van der Waals surface area contributed by atoms with Crippen LogP contribution in [0.15, 0.2) is 22.7 Å². The largest absolute Gasteiger partial charge is 0.196 e. The lowest BCUT2D eigenvalue weighted by atomic mass is 10.2. The molecule has 12 heavy (non-hydrogen) atoms. The average Bonchev–Trinajstić information content (AvgIpc) is 2.46. The van der Waals surface area contributed by atoms with Crippen molar-refractivity contribution in [2.75, 3.05) is 0 Å². The summed E-state index contributed by atoms with van der Waals surface area (Å²) in [6, 6.07) is 6.24. The molecule has 2 rings (SSSR count). The zero-order valence-electron chi connectivity index (χ0n) is 6.05. The van der Waals surface area contributed by atoms with Gasteiger partial charge in [0, 0.05) is 15.2 Å². The Bertz CT molecular complexity index is 410. The molecule has 0 saturated carbocycles. The summed E-state index contributed by atoms with van der Waals surface area (Å²) in [6.07, 6.45) is 0. The van der Waals surface area contributed by atoms with Gasteiger partial charge in [0.25, 0.3) is 0 Å². The van der Waals surface area contributed by atoms with Gasteiger partial charge in [0.2, 0.25) is 0 Å². The van der Waals surface area contributed by atoms with Gasteiger partial charge in [-0.05, 0) is 23.7 Å². The molecule has 62 valence electrons. The van der Waals surface area contributed by atoms with E-state index in [9.17, 15) is 0 Å². The number of hydrogen-bond donors (Lipinski definition) is 0. The van der Waals surface area contributed by atoms with Crippen LogP contribution in [0.25, 0.3) is 10.1 Å². The van der Waals surface area contributed by atoms with Crippen molar-refractivity contribution < 1.29 is 0 Å². The highest BCUT2D eigenvalue weighted by atomic mass is 79.9. The highest BCUT2D eigenvalue weighted by Gasteiger charge is 2.03. The third kappa shape index (κ3) is 1.43. The van der Waals surface area contributed by atoms with Crippen LogP contribution in [0.4, 0.5) is 0 Å². The van der Waals surface area contributed by atoms with Crippen molar-refractivity contribution in [1.29, 1.82) is 0 Å². The van der Waals surface area contributed by atoms with Crippen molar-refractivity contribution in [2.24, 2.45) is 0 Å². The second kappa shape index (κ2) is 3.44. The highest BCUT2D eigenvalue weighted by molar-refractivity contribution is 9.10. The van der Waals surface area contributed by atoms with Crippen molar-refractivity contribution in [3.8, 4) is 0 Å². The van der Waals surface area contributed by atoms with E-state index in [2.05, 4.69) is 48.4 Å². The van der Waals surface area contributed by atoms with Gasteiger partial charge in [0.15, 0.2) is 0 Å². The second-order valence-corrected chi connectivity index (χ2v) is 4.68. The molecule has 2 aromatic rings. The SMILES string of the molecule is BrCc1nsc2cc(Br)ccc12. The first kappa shape index (κ1) is 8.66. The summed E-state index contributed by atoms with van der Waals surface area (Å²) in [7, 11) is 0. The van der Waals surface area contributed by atoms with Crippen molar-refractivity contribution >= 4 is 53.5 Å². The summed E-state index contributed by atoms with van der Waals surface area (Å²) in [5, 5.41) is 2.08. The molecule has 0 bridgehead atoms. The molecule has 0 N–H and O–H groups in total. The Morgan fingerprint density at radius 2 is 2.25 bits per heavy atom. The summed E-state index contributed by atoms with van der Waals surface area (Å²) in [4.78, 5) is 0. The molecule has 1 aromatic carbocycles. The van der Waals surface area contributed by atoms with E-state index in [4.69, 9.17) is 0 Å². The zero-order valence-corrected chi connectivity index (χ0v) is 10.0. The van der Waals surface area contributed by atoms with E-state index in [0.29, 0.717) is 0 Å². The molecule has 0 unspecified atom stereocenters. The molecule has 0 saturated heterocycles. The number of aromatic nitrogens is 1. The van der Waals surface area contributed by atoms with E-state index in [0.717, 1.165) is 15.5 Å². The Morgan fingerprint density at radius 1 is 1.42 bits per heavy atom. The molecule has 0 aliphatic heterocycles. The number of benzene rings is 1. The summed E-state index contributed by atoms with van der Waals surface area (Å²) >= 11 is 8.38. The Balaban J connectivity index is 2.73. The standard InChI is InChI=1S/C8H5Br2NS/c9-4-7-6-2-1-5(10)3-8(6)12-11-7/h1-3H,4H2. The Morgan fingerprint density at radius 3 is 3.00 bits per heavy atom. The minimum Gasteiger partial charge on any atom is -0.196 e. The van der Waals surface area contributed by atoms with Crippen molar-refractivity contribution in [3.63, 3.8) is 0 Å². The van der Waals surface area contributed by atoms with Crippen LogP contribution < -0.4 is 0 Å². The summed E-state index contributed by atoms with van der Waals surface area (Å²) < 4.78 is 6.67. The lowest BCUT2D eigenvalue weighted by Crippen LogP contribution is -1.74. The predicted octanol–water partition coefficient (Wildman–Crippen LogP) is 3.95. The van der Waals surface area contributed by atoms with Crippen molar-refractivity contribution in [3.05, 3.63) is 28.4 Å². The van der Waals surface area contributed by atoms with Crippen LogP contribution in [-0.2, 0) is 5.33 Å². The van der Waals surface area contributed by atoms with E-state index in [-0.39, 0.29) is 0 Å².